The minimum Gasteiger partial charge on any atom is -0.496 e. The number of ether oxygens (including phenoxy) is 2. The predicted octanol–water partition coefficient (Wildman–Crippen LogP) is 3.37. The summed E-state index contributed by atoms with van der Waals surface area (Å²) in [6.07, 6.45) is 4.49. The fraction of sp³-hybridized carbons (Fsp3) is 0.450. The number of nitrogens with zero attached hydrogens (tertiary/aromatic N) is 2. The van der Waals surface area contributed by atoms with Gasteiger partial charge in [0.25, 0.3) is 5.91 Å². The minimum atomic E-state index is -0.0366. The van der Waals surface area contributed by atoms with E-state index in [-0.39, 0.29) is 5.91 Å². The summed E-state index contributed by atoms with van der Waals surface area (Å²) in [5.74, 6) is 2.10. The van der Waals surface area contributed by atoms with E-state index in [1.807, 2.05) is 17.2 Å². The smallest absolute Gasteiger partial charge is 0.289 e. The summed E-state index contributed by atoms with van der Waals surface area (Å²) in [7, 11) is 3.39. The molecule has 3 rings (SSSR count). The van der Waals surface area contributed by atoms with Crippen LogP contribution in [0.3, 0.4) is 0 Å². The number of amides is 1. The first-order valence-corrected chi connectivity index (χ1v) is 10.2. The monoisotopic (exact) mass is 390 g/mol. The van der Waals surface area contributed by atoms with Gasteiger partial charge in [-0.3, -0.25) is 9.69 Å². The fourth-order valence-electron chi connectivity index (χ4n) is 3.35. The standard InChI is InChI=1S/C20H26N2O4S/c1-24-17-13-19(27-3)18(25-2)12-15(17)14-21-7-5-8-22(10-9-21)20(23)16-6-4-11-26-16/h4,6,11-13H,5,7-10,14H2,1-3H3. The quantitative estimate of drug-likeness (QED) is 0.705. The maximum atomic E-state index is 12.5. The van der Waals surface area contributed by atoms with Crippen molar-refractivity contribution in [3.05, 3.63) is 41.9 Å². The van der Waals surface area contributed by atoms with Gasteiger partial charge in [0.2, 0.25) is 0 Å². The molecule has 0 unspecified atom stereocenters. The van der Waals surface area contributed by atoms with Crippen molar-refractivity contribution in [1.29, 1.82) is 0 Å². The van der Waals surface area contributed by atoms with Crippen molar-refractivity contribution in [2.75, 3.05) is 46.7 Å². The van der Waals surface area contributed by atoms with Gasteiger partial charge in [0.05, 0.1) is 25.4 Å². The topological polar surface area (TPSA) is 55.2 Å². The summed E-state index contributed by atoms with van der Waals surface area (Å²) in [6, 6.07) is 7.55. The number of carbonyl (C=O) groups is 1. The molecule has 0 saturated carbocycles. The van der Waals surface area contributed by atoms with Gasteiger partial charge in [-0.05, 0) is 36.9 Å². The Morgan fingerprint density at radius 3 is 2.63 bits per heavy atom. The highest BCUT2D eigenvalue weighted by Gasteiger charge is 2.23. The van der Waals surface area contributed by atoms with Crippen LogP contribution in [0.1, 0.15) is 22.5 Å². The molecule has 0 N–H and O–H groups in total. The van der Waals surface area contributed by atoms with E-state index in [4.69, 9.17) is 13.9 Å². The normalized spacial score (nSPS) is 15.4. The number of hydrogen-bond donors (Lipinski definition) is 0. The van der Waals surface area contributed by atoms with Crippen LogP contribution in [0, 0.1) is 0 Å². The molecule has 2 aromatic rings. The van der Waals surface area contributed by atoms with Crippen LogP contribution in [0.4, 0.5) is 0 Å². The van der Waals surface area contributed by atoms with Gasteiger partial charge in [0.15, 0.2) is 5.76 Å². The minimum absolute atomic E-state index is 0.0366. The van der Waals surface area contributed by atoms with Crippen LogP contribution < -0.4 is 9.47 Å². The van der Waals surface area contributed by atoms with Gasteiger partial charge in [-0.25, -0.2) is 0 Å². The molecular weight excluding hydrogens is 364 g/mol. The molecule has 1 aliphatic heterocycles. The summed E-state index contributed by atoms with van der Waals surface area (Å²) in [6.45, 7) is 3.92. The molecule has 1 fully saturated rings. The van der Waals surface area contributed by atoms with E-state index in [9.17, 15) is 4.79 Å². The SMILES string of the molecule is COc1cc(SC)c(OC)cc1CN1CCCN(C(=O)c2ccco2)CC1. The Kier molecular flexibility index (Phi) is 6.68. The van der Waals surface area contributed by atoms with Crippen LogP contribution in [-0.4, -0.2) is 62.4 Å². The first-order chi connectivity index (χ1) is 13.2. The maximum absolute atomic E-state index is 12.5. The number of furan rings is 1. The Morgan fingerprint density at radius 2 is 1.96 bits per heavy atom. The molecule has 1 aromatic carbocycles. The second-order valence-corrected chi connectivity index (χ2v) is 7.27. The molecule has 1 aromatic heterocycles. The second-order valence-electron chi connectivity index (χ2n) is 6.42. The first-order valence-electron chi connectivity index (χ1n) is 9.00. The number of rotatable bonds is 6. The van der Waals surface area contributed by atoms with Gasteiger partial charge in [-0.15, -0.1) is 11.8 Å². The van der Waals surface area contributed by atoms with Gasteiger partial charge >= 0.3 is 0 Å². The van der Waals surface area contributed by atoms with Crippen molar-refractivity contribution in [2.45, 2.75) is 17.9 Å². The largest absolute Gasteiger partial charge is 0.496 e. The van der Waals surface area contributed by atoms with E-state index in [1.165, 1.54) is 6.26 Å². The highest BCUT2D eigenvalue weighted by atomic mass is 32.2. The van der Waals surface area contributed by atoms with Crippen molar-refractivity contribution in [2.24, 2.45) is 0 Å². The number of methoxy groups -OCH3 is 2. The van der Waals surface area contributed by atoms with E-state index < -0.39 is 0 Å². The molecule has 2 heterocycles. The van der Waals surface area contributed by atoms with Gasteiger partial charge in [-0.1, -0.05) is 0 Å². The van der Waals surface area contributed by atoms with E-state index in [0.29, 0.717) is 12.3 Å². The molecule has 1 aliphatic rings. The lowest BCUT2D eigenvalue weighted by atomic mass is 10.1. The molecule has 0 atom stereocenters. The lowest BCUT2D eigenvalue weighted by Gasteiger charge is -2.23. The summed E-state index contributed by atoms with van der Waals surface area (Å²) >= 11 is 1.64. The summed E-state index contributed by atoms with van der Waals surface area (Å²) < 4.78 is 16.4. The van der Waals surface area contributed by atoms with E-state index >= 15 is 0 Å². The predicted molar refractivity (Wildman–Crippen MR) is 106 cm³/mol. The maximum Gasteiger partial charge on any atom is 0.289 e. The number of hydrogen-bond acceptors (Lipinski definition) is 6. The molecule has 146 valence electrons. The zero-order valence-electron chi connectivity index (χ0n) is 16.1. The third kappa shape index (κ3) is 4.59. The highest BCUT2D eigenvalue weighted by Crippen LogP contribution is 2.35. The van der Waals surface area contributed by atoms with Gasteiger partial charge in [0.1, 0.15) is 11.5 Å². The van der Waals surface area contributed by atoms with Crippen LogP contribution >= 0.6 is 11.8 Å². The van der Waals surface area contributed by atoms with E-state index in [1.54, 1.807) is 38.1 Å². The Labute approximate surface area is 164 Å². The molecule has 1 saturated heterocycles. The molecule has 0 radical (unpaired) electrons. The average Bonchev–Trinajstić information content (AvgIpc) is 3.14. The fourth-order valence-corrected chi connectivity index (χ4v) is 3.91. The van der Waals surface area contributed by atoms with Gasteiger partial charge in [0, 0.05) is 38.3 Å². The van der Waals surface area contributed by atoms with Crippen LogP contribution in [-0.2, 0) is 6.54 Å². The Bertz CT molecular complexity index is 764. The lowest BCUT2D eigenvalue weighted by Crippen LogP contribution is -2.34. The molecule has 1 amide bonds. The Hall–Kier alpha value is -2.12. The summed E-state index contributed by atoms with van der Waals surface area (Å²) in [5.41, 5.74) is 1.10. The van der Waals surface area contributed by atoms with Crippen molar-refractivity contribution in [1.82, 2.24) is 9.80 Å². The third-order valence-electron chi connectivity index (χ3n) is 4.79. The lowest BCUT2D eigenvalue weighted by molar-refractivity contribution is 0.0729. The van der Waals surface area contributed by atoms with Crippen LogP contribution in [0.5, 0.6) is 11.5 Å². The average molecular weight is 391 g/mol. The van der Waals surface area contributed by atoms with Crippen LogP contribution in [0.15, 0.2) is 39.8 Å². The molecule has 0 aliphatic carbocycles. The molecule has 7 heteroatoms. The highest BCUT2D eigenvalue weighted by molar-refractivity contribution is 7.98. The van der Waals surface area contributed by atoms with Gasteiger partial charge < -0.3 is 18.8 Å². The Morgan fingerprint density at radius 1 is 1.15 bits per heavy atom. The number of thioether (sulfide) groups is 1. The van der Waals surface area contributed by atoms with Gasteiger partial charge in [-0.2, -0.15) is 0 Å². The second kappa shape index (κ2) is 9.19. The van der Waals surface area contributed by atoms with Crippen LogP contribution in [0.2, 0.25) is 0 Å². The van der Waals surface area contributed by atoms with Crippen molar-refractivity contribution < 1.29 is 18.7 Å². The third-order valence-corrected chi connectivity index (χ3v) is 5.55. The first kappa shape index (κ1) is 19.6. The zero-order chi connectivity index (χ0) is 19.2. The van der Waals surface area contributed by atoms with Crippen LogP contribution in [0.25, 0.3) is 0 Å². The van der Waals surface area contributed by atoms with E-state index in [0.717, 1.165) is 54.6 Å². The van der Waals surface area contributed by atoms with Crippen molar-refractivity contribution >= 4 is 17.7 Å². The summed E-state index contributed by atoms with van der Waals surface area (Å²) in [4.78, 5) is 17.8. The van der Waals surface area contributed by atoms with Crippen molar-refractivity contribution in [3.63, 3.8) is 0 Å². The van der Waals surface area contributed by atoms with E-state index in [2.05, 4.69) is 11.0 Å². The molecule has 27 heavy (non-hydrogen) atoms. The molecule has 0 spiro atoms. The zero-order valence-corrected chi connectivity index (χ0v) is 16.9. The molecular formula is C20H26N2O4S. The number of benzene rings is 1. The van der Waals surface area contributed by atoms with Crippen molar-refractivity contribution in [3.8, 4) is 11.5 Å². The number of carbonyl (C=O) groups excluding carboxylic acids is 1. The summed E-state index contributed by atoms with van der Waals surface area (Å²) in [5, 5.41) is 0. The Balaban J connectivity index is 1.69. The molecule has 0 bridgehead atoms. The molecule has 6 nitrogen and oxygen atoms in total.